The number of amides is 1. The SMILES string of the molecule is Cc1ccc(OCCNC(=O)Cn2cc(C(F)(F)F)ccc2=O)cc1. The first-order valence-electron chi connectivity index (χ1n) is 7.49. The quantitative estimate of drug-likeness (QED) is 0.811. The molecule has 0 bridgehead atoms. The zero-order valence-electron chi connectivity index (χ0n) is 13.5. The summed E-state index contributed by atoms with van der Waals surface area (Å²) in [6.07, 6.45) is -3.95. The summed E-state index contributed by atoms with van der Waals surface area (Å²) in [7, 11) is 0. The number of nitrogens with one attached hydrogen (secondary N) is 1. The molecule has 0 atom stereocenters. The number of nitrogens with zero attached hydrogens (tertiary/aromatic N) is 1. The number of aryl methyl sites for hydroxylation is 1. The van der Waals surface area contributed by atoms with E-state index in [4.69, 9.17) is 4.74 Å². The van der Waals surface area contributed by atoms with Crippen LogP contribution in [0.2, 0.25) is 0 Å². The van der Waals surface area contributed by atoms with Gasteiger partial charge in [0.25, 0.3) is 5.56 Å². The monoisotopic (exact) mass is 354 g/mol. The molecule has 0 radical (unpaired) electrons. The van der Waals surface area contributed by atoms with Crippen molar-refractivity contribution in [2.24, 2.45) is 0 Å². The van der Waals surface area contributed by atoms with Crippen molar-refractivity contribution in [3.63, 3.8) is 0 Å². The molecule has 5 nitrogen and oxygen atoms in total. The normalized spacial score (nSPS) is 11.2. The van der Waals surface area contributed by atoms with E-state index in [9.17, 15) is 22.8 Å². The van der Waals surface area contributed by atoms with Gasteiger partial charge in [0, 0.05) is 12.3 Å². The number of pyridine rings is 1. The van der Waals surface area contributed by atoms with Crippen LogP contribution in [-0.4, -0.2) is 23.6 Å². The van der Waals surface area contributed by atoms with Crippen LogP contribution in [0.5, 0.6) is 5.75 Å². The minimum Gasteiger partial charge on any atom is -0.492 e. The molecule has 0 fully saturated rings. The standard InChI is InChI=1S/C17H17F3N2O3/c1-12-2-5-14(6-3-12)25-9-8-21-15(23)11-22-10-13(17(18,19)20)4-7-16(22)24/h2-7,10H,8-9,11H2,1H3,(H,21,23). The number of halogens is 3. The highest BCUT2D eigenvalue weighted by Crippen LogP contribution is 2.27. The van der Waals surface area contributed by atoms with Gasteiger partial charge in [-0.2, -0.15) is 13.2 Å². The van der Waals surface area contributed by atoms with E-state index in [1.807, 2.05) is 19.1 Å². The molecule has 1 N–H and O–H groups in total. The summed E-state index contributed by atoms with van der Waals surface area (Å²) in [5, 5.41) is 2.49. The van der Waals surface area contributed by atoms with Crippen molar-refractivity contribution < 1.29 is 22.7 Å². The Balaban J connectivity index is 1.84. The van der Waals surface area contributed by atoms with Crippen molar-refractivity contribution >= 4 is 5.91 Å². The van der Waals surface area contributed by atoms with Crippen molar-refractivity contribution in [3.8, 4) is 5.75 Å². The topological polar surface area (TPSA) is 60.3 Å². The molecule has 1 amide bonds. The highest BCUT2D eigenvalue weighted by atomic mass is 19.4. The second-order valence-corrected chi connectivity index (χ2v) is 5.39. The summed E-state index contributed by atoms with van der Waals surface area (Å²) in [6.45, 7) is 1.82. The van der Waals surface area contributed by atoms with E-state index in [2.05, 4.69) is 5.32 Å². The van der Waals surface area contributed by atoms with Gasteiger partial charge in [-0.25, -0.2) is 0 Å². The van der Waals surface area contributed by atoms with Crippen molar-refractivity contribution in [3.05, 3.63) is 64.1 Å². The molecular formula is C17H17F3N2O3. The van der Waals surface area contributed by atoms with Gasteiger partial charge in [-0.15, -0.1) is 0 Å². The Morgan fingerprint density at radius 2 is 1.84 bits per heavy atom. The van der Waals surface area contributed by atoms with E-state index in [1.54, 1.807) is 12.1 Å². The van der Waals surface area contributed by atoms with Crippen molar-refractivity contribution in [2.45, 2.75) is 19.6 Å². The Morgan fingerprint density at radius 1 is 1.16 bits per heavy atom. The van der Waals surface area contributed by atoms with Crippen molar-refractivity contribution in [2.75, 3.05) is 13.2 Å². The van der Waals surface area contributed by atoms with Gasteiger partial charge >= 0.3 is 6.18 Å². The molecular weight excluding hydrogens is 337 g/mol. The van der Waals surface area contributed by atoms with Crippen LogP contribution in [-0.2, 0) is 17.5 Å². The molecule has 0 saturated carbocycles. The van der Waals surface area contributed by atoms with Crippen LogP contribution in [0.15, 0.2) is 47.4 Å². The van der Waals surface area contributed by atoms with Crippen LogP contribution in [0.25, 0.3) is 0 Å². The van der Waals surface area contributed by atoms with Crippen LogP contribution in [0.1, 0.15) is 11.1 Å². The molecule has 2 rings (SSSR count). The van der Waals surface area contributed by atoms with Gasteiger partial charge in [-0.05, 0) is 25.1 Å². The number of alkyl halides is 3. The maximum atomic E-state index is 12.6. The molecule has 0 unspecified atom stereocenters. The van der Waals surface area contributed by atoms with Crippen LogP contribution < -0.4 is 15.6 Å². The lowest BCUT2D eigenvalue weighted by Gasteiger charge is -2.11. The van der Waals surface area contributed by atoms with E-state index < -0.39 is 29.8 Å². The minimum atomic E-state index is -4.58. The van der Waals surface area contributed by atoms with Crippen LogP contribution >= 0.6 is 0 Å². The Bertz CT molecular complexity index is 783. The van der Waals surface area contributed by atoms with Crippen LogP contribution in [0.3, 0.4) is 0 Å². The predicted octanol–water partition coefficient (Wildman–Crippen LogP) is 2.37. The second kappa shape index (κ2) is 7.87. The predicted molar refractivity (Wildman–Crippen MR) is 85.4 cm³/mol. The molecule has 2 aromatic rings. The molecule has 134 valence electrons. The summed E-state index contributed by atoms with van der Waals surface area (Å²) >= 11 is 0. The number of benzene rings is 1. The summed E-state index contributed by atoms with van der Waals surface area (Å²) < 4.78 is 44.1. The molecule has 1 aromatic heterocycles. The highest BCUT2D eigenvalue weighted by molar-refractivity contribution is 5.75. The molecule has 1 aromatic carbocycles. The fourth-order valence-corrected chi connectivity index (χ4v) is 2.03. The third-order valence-corrected chi connectivity index (χ3v) is 3.34. The number of aromatic nitrogens is 1. The average molecular weight is 354 g/mol. The number of hydrogen-bond donors (Lipinski definition) is 1. The summed E-state index contributed by atoms with van der Waals surface area (Å²) in [6, 6.07) is 8.82. The minimum absolute atomic E-state index is 0.167. The van der Waals surface area contributed by atoms with Gasteiger partial charge < -0.3 is 14.6 Å². The first-order chi connectivity index (χ1) is 11.8. The number of carbonyl (C=O) groups is 1. The largest absolute Gasteiger partial charge is 0.492 e. The maximum Gasteiger partial charge on any atom is 0.417 e. The fraction of sp³-hybridized carbons (Fsp3) is 0.294. The zero-order chi connectivity index (χ0) is 18.4. The Morgan fingerprint density at radius 3 is 2.48 bits per heavy atom. The lowest BCUT2D eigenvalue weighted by molar-refractivity contribution is -0.138. The van der Waals surface area contributed by atoms with Crippen molar-refractivity contribution in [1.29, 1.82) is 0 Å². The number of rotatable bonds is 6. The smallest absolute Gasteiger partial charge is 0.417 e. The van der Waals surface area contributed by atoms with Gasteiger partial charge in [-0.1, -0.05) is 17.7 Å². The molecule has 8 heteroatoms. The van der Waals surface area contributed by atoms with E-state index in [0.717, 1.165) is 16.2 Å². The third kappa shape index (κ3) is 5.66. The highest BCUT2D eigenvalue weighted by Gasteiger charge is 2.31. The zero-order valence-corrected chi connectivity index (χ0v) is 13.5. The summed E-state index contributed by atoms with van der Waals surface area (Å²) in [5.74, 6) is 0.0721. The molecule has 1 heterocycles. The lowest BCUT2D eigenvalue weighted by atomic mass is 10.2. The van der Waals surface area contributed by atoms with Crippen LogP contribution in [0.4, 0.5) is 13.2 Å². The van der Waals surface area contributed by atoms with Gasteiger partial charge in [0.05, 0.1) is 12.1 Å². The molecule has 0 aliphatic rings. The van der Waals surface area contributed by atoms with Crippen molar-refractivity contribution in [1.82, 2.24) is 9.88 Å². The molecule has 25 heavy (non-hydrogen) atoms. The van der Waals surface area contributed by atoms with E-state index in [-0.39, 0.29) is 13.2 Å². The van der Waals surface area contributed by atoms with Gasteiger partial charge in [-0.3, -0.25) is 9.59 Å². The first kappa shape index (κ1) is 18.6. The van der Waals surface area contributed by atoms with Gasteiger partial charge in [0.15, 0.2) is 0 Å². The number of carbonyl (C=O) groups excluding carboxylic acids is 1. The lowest BCUT2D eigenvalue weighted by Crippen LogP contribution is -2.34. The second-order valence-electron chi connectivity index (χ2n) is 5.39. The Hall–Kier alpha value is -2.77. The average Bonchev–Trinajstić information content (AvgIpc) is 2.54. The van der Waals surface area contributed by atoms with Crippen LogP contribution in [0, 0.1) is 6.92 Å². The van der Waals surface area contributed by atoms with E-state index in [1.165, 1.54) is 0 Å². The maximum absolute atomic E-state index is 12.6. The molecule has 0 aliphatic heterocycles. The number of ether oxygens (including phenoxy) is 1. The molecule has 0 saturated heterocycles. The fourth-order valence-electron chi connectivity index (χ4n) is 2.03. The Kier molecular flexibility index (Phi) is 5.84. The molecule has 0 aliphatic carbocycles. The van der Waals surface area contributed by atoms with Gasteiger partial charge in [0.2, 0.25) is 5.91 Å². The Labute approximate surface area is 142 Å². The van der Waals surface area contributed by atoms with E-state index >= 15 is 0 Å². The number of hydrogen-bond acceptors (Lipinski definition) is 3. The summed E-state index contributed by atoms with van der Waals surface area (Å²) in [5.41, 5.74) is -0.575. The first-order valence-corrected chi connectivity index (χ1v) is 7.49. The third-order valence-electron chi connectivity index (χ3n) is 3.34. The molecule has 0 spiro atoms. The summed E-state index contributed by atoms with van der Waals surface area (Å²) in [4.78, 5) is 23.3. The van der Waals surface area contributed by atoms with Gasteiger partial charge in [0.1, 0.15) is 18.9 Å². The van der Waals surface area contributed by atoms with E-state index in [0.29, 0.717) is 18.0 Å².